The molecule has 0 unspecified atom stereocenters. The lowest BCUT2D eigenvalue weighted by Gasteiger charge is -2.37. The summed E-state index contributed by atoms with van der Waals surface area (Å²) < 4.78 is 0. The number of hydrogen-bond acceptors (Lipinski definition) is 2. The Morgan fingerprint density at radius 3 is 2.83 bits per heavy atom. The van der Waals surface area contributed by atoms with E-state index in [9.17, 15) is 4.79 Å². The van der Waals surface area contributed by atoms with Crippen LogP contribution in [0.4, 0.5) is 0 Å². The first kappa shape index (κ1) is 9.72. The Hall–Kier alpha value is -0.370. The van der Waals surface area contributed by atoms with Crippen molar-refractivity contribution in [2.75, 3.05) is 19.6 Å². The van der Waals surface area contributed by atoms with E-state index in [0.29, 0.717) is 11.8 Å². The summed E-state index contributed by atoms with van der Waals surface area (Å²) in [6.45, 7) is 7.89. The summed E-state index contributed by atoms with van der Waals surface area (Å²) in [6.07, 6.45) is 4.31. The summed E-state index contributed by atoms with van der Waals surface area (Å²) in [6, 6.07) is 0. The smallest absolute Gasteiger partial charge is 0.121 e. The molecule has 2 nitrogen and oxygen atoms in total. The fourth-order valence-corrected chi connectivity index (χ4v) is 1.97. The molecule has 0 aliphatic carbocycles. The van der Waals surface area contributed by atoms with Gasteiger partial charge in [0.25, 0.3) is 0 Å². The lowest BCUT2D eigenvalue weighted by molar-refractivity contribution is -0.108. The molecule has 70 valence electrons. The van der Waals surface area contributed by atoms with Crippen LogP contribution in [-0.4, -0.2) is 30.8 Å². The minimum absolute atomic E-state index is 0.459. The van der Waals surface area contributed by atoms with Crippen molar-refractivity contribution in [2.45, 2.75) is 33.1 Å². The Kier molecular flexibility index (Phi) is 3.27. The molecule has 0 N–H and O–H groups in total. The van der Waals surface area contributed by atoms with Crippen molar-refractivity contribution in [1.29, 1.82) is 0 Å². The number of rotatable bonds is 3. The molecule has 12 heavy (non-hydrogen) atoms. The third-order valence-corrected chi connectivity index (χ3v) is 2.54. The van der Waals surface area contributed by atoms with Crippen LogP contribution in [0.25, 0.3) is 0 Å². The van der Waals surface area contributed by atoms with Crippen LogP contribution in [-0.2, 0) is 4.79 Å². The largest absolute Gasteiger partial charge is 0.303 e. The van der Waals surface area contributed by atoms with Crippen LogP contribution in [0.2, 0.25) is 0 Å². The van der Waals surface area contributed by atoms with Crippen molar-refractivity contribution in [1.82, 2.24) is 4.90 Å². The Morgan fingerprint density at radius 2 is 2.25 bits per heavy atom. The third-order valence-electron chi connectivity index (χ3n) is 2.54. The van der Waals surface area contributed by atoms with Gasteiger partial charge in [0, 0.05) is 19.5 Å². The summed E-state index contributed by atoms with van der Waals surface area (Å²) in [5.41, 5.74) is 0.459. The number of likely N-dealkylation sites (tertiary alicyclic amines) is 1. The van der Waals surface area contributed by atoms with E-state index >= 15 is 0 Å². The average molecular weight is 169 g/mol. The SMILES string of the molecule is CC1(C)CCCN(CCC=O)C1. The van der Waals surface area contributed by atoms with E-state index in [0.717, 1.165) is 19.4 Å². The second-order valence-electron chi connectivity index (χ2n) is 4.50. The molecular weight excluding hydrogens is 150 g/mol. The van der Waals surface area contributed by atoms with Crippen molar-refractivity contribution in [2.24, 2.45) is 5.41 Å². The van der Waals surface area contributed by atoms with Crippen molar-refractivity contribution in [3.8, 4) is 0 Å². The Balaban J connectivity index is 2.31. The third kappa shape index (κ3) is 2.94. The maximum atomic E-state index is 10.2. The molecule has 1 rings (SSSR count). The van der Waals surface area contributed by atoms with Crippen LogP contribution in [0.5, 0.6) is 0 Å². The fourth-order valence-electron chi connectivity index (χ4n) is 1.97. The van der Waals surface area contributed by atoms with E-state index < -0.39 is 0 Å². The summed E-state index contributed by atoms with van der Waals surface area (Å²) in [5.74, 6) is 0. The van der Waals surface area contributed by atoms with Crippen molar-refractivity contribution in [3.05, 3.63) is 0 Å². The van der Waals surface area contributed by atoms with Gasteiger partial charge in [0.05, 0.1) is 0 Å². The Morgan fingerprint density at radius 1 is 1.50 bits per heavy atom. The summed E-state index contributed by atoms with van der Waals surface area (Å²) in [4.78, 5) is 12.6. The van der Waals surface area contributed by atoms with Crippen LogP contribution >= 0.6 is 0 Å². The second kappa shape index (κ2) is 4.04. The minimum atomic E-state index is 0.459. The second-order valence-corrected chi connectivity index (χ2v) is 4.50. The van der Waals surface area contributed by atoms with Gasteiger partial charge >= 0.3 is 0 Å². The van der Waals surface area contributed by atoms with Crippen LogP contribution in [0.15, 0.2) is 0 Å². The Bertz CT molecular complexity index is 154. The molecule has 0 saturated carbocycles. The van der Waals surface area contributed by atoms with Gasteiger partial charge in [-0.3, -0.25) is 0 Å². The molecule has 2 heteroatoms. The van der Waals surface area contributed by atoms with Crippen molar-refractivity contribution >= 4 is 6.29 Å². The van der Waals surface area contributed by atoms with Crippen molar-refractivity contribution < 1.29 is 4.79 Å². The molecular formula is C10H19NO. The molecule has 0 aromatic heterocycles. The molecule has 0 atom stereocenters. The first-order valence-corrected chi connectivity index (χ1v) is 4.80. The lowest BCUT2D eigenvalue weighted by Crippen LogP contribution is -2.40. The molecule has 0 aromatic carbocycles. The zero-order chi connectivity index (χ0) is 9.03. The van der Waals surface area contributed by atoms with E-state index in [1.165, 1.54) is 19.4 Å². The minimum Gasteiger partial charge on any atom is -0.303 e. The maximum Gasteiger partial charge on any atom is 0.121 e. The molecule has 0 spiro atoms. The standard InChI is InChI=1S/C10H19NO/c1-10(2)5-3-6-11(9-10)7-4-8-12/h8H,3-7,9H2,1-2H3. The van der Waals surface area contributed by atoms with Crippen LogP contribution < -0.4 is 0 Å². The van der Waals surface area contributed by atoms with Gasteiger partial charge in [-0.2, -0.15) is 0 Å². The zero-order valence-electron chi connectivity index (χ0n) is 8.18. The molecule has 1 aliphatic heterocycles. The highest BCUT2D eigenvalue weighted by atomic mass is 16.1. The van der Waals surface area contributed by atoms with E-state index in [1.54, 1.807) is 0 Å². The van der Waals surface area contributed by atoms with Crippen molar-refractivity contribution in [3.63, 3.8) is 0 Å². The van der Waals surface area contributed by atoms with Gasteiger partial charge in [0.15, 0.2) is 0 Å². The highest BCUT2D eigenvalue weighted by Gasteiger charge is 2.25. The fraction of sp³-hybridized carbons (Fsp3) is 0.900. The number of hydrogen-bond donors (Lipinski definition) is 0. The van der Waals surface area contributed by atoms with Crippen LogP contribution in [0.3, 0.4) is 0 Å². The monoisotopic (exact) mass is 169 g/mol. The van der Waals surface area contributed by atoms with Gasteiger partial charge in [-0.15, -0.1) is 0 Å². The molecule has 1 heterocycles. The number of carbonyl (C=O) groups excluding carboxylic acids is 1. The van der Waals surface area contributed by atoms with Gasteiger partial charge in [-0.1, -0.05) is 13.8 Å². The molecule has 0 aromatic rings. The van der Waals surface area contributed by atoms with Gasteiger partial charge in [-0.25, -0.2) is 0 Å². The first-order chi connectivity index (χ1) is 5.64. The van der Waals surface area contributed by atoms with Gasteiger partial charge in [-0.05, 0) is 24.8 Å². The van der Waals surface area contributed by atoms with E-state index in [-0.39, 0.29) is 0 Å². The van der Waals surface area contributed by atoms with E-state index in [2.05, 4.69) is 18.7 Å². The van der Waals surface area contributed by atoms with Crippen LogP contribution in [0, 0.1) is 5.41 Å². The molecule has 1 saturated heterocycles. The number of nitrogens with zero attached hydrogens (tertiary/aromatic N) is 1. The molecule has 0 bridgehead atoms. The normalized spacial score (nSPS) is 23.8. The lowest BCUT2D eigenvalue weighted by atomic mass is 9.84. The van der Waals surface area contributed by atoms with Gasteiger partial charge in [0.1, 0.15) is 6.29 Å². The zero-order valence-corrected chi connectivity index (χ0v) is 8.18. The quantitative estimate of drug-likeness (QED) is 0.599. The number of carbonyl (C=O) groups is 1. The number of aldehydes is 1. The Labute approximate surface area is 74.9 Å². The van der Waals surface area contributed by atoms with Gasteiger partial charge < -0.3 is 9.69 Å². The summed E-state index contributed by atoms with van der Waals surface area (Å²) >= 11 is 0. The predicted molar refractivity (Wildman–Crippen MR) is 50.1 cm³/mol. The topological polar surface area (TPSA) is 20.3 Å². The number of piperidine rings is 1. The summed E-state index contributed by atoms with van der Waals surface area (Å²) in [5, 5.41) is 0. The highest BCUT2D eigenvalue weighted by molar-refractivity contribution is 5.49. The predicted octanol–water partition coefficient (Wildman–Crippen LogP) is 1.70. The highest BCUT2D eigenvalue weighted by Crippen LogP contribution is 2.28. The molecule has 1 aliphatic rings. The van der Waals surface area contributed by atoms with Gasteiger partial charge in [0.2, 0.25) is 0 Å². The van der Waals surface area contributed by atoms with E-state index in [1.807, 2.05) is 0 Å². The average Bonchev–Trinajstić information content (AvgIpc) is 1.99. The first-order valence-electron chi connectivity index (χ1n) is 4.80. The molecule has 0 radical (unpaired) electrons. The molecule has 0 amide bonds. The van der Waals surface area contributed by atoms with E-state index in [4.69, 9.17) is 0 Å². The summed E-state index contributed by atoms with van der Waals surface area (Å²) in [7, 11) is 0. The maximum absolute atomic E-state index is 10.2. The molecule has 1 fully saturated rings. The van der Waals surface area contributed by atoms with Crippen LogP contribution in [0.1, 0.15) is 33.1 Å².